The van der Waals surface area contributed by atoms with Crippen LogP contribution in [0.1, 0.15) is 18.4 Å². The van der Waals surface area contributed by atoms with E-state index in [1.54, 1.807) is 4.90 Å². The first-order chi connectivity index (χ1) is 11.5. The summed E-state index contributed by atoms with van der Waals surface area (Å²) in [5.41, 5.74) is 0.428. The summed E-state index contributed by atoms with van der Waals surface area (Å²) in [4.78, 5) is 14.0. The number of hydrogen-bond donors (Lipinski definition) is 1. The van der Waals surface area contributed by atoms with Crippen LogP contribution in [-0.4, -0.2) is 62.3 Å². The van der Waals surface area contributed by atoms with Crippen LogP contribution in [-0.2, 0) is 14.8 Å². The number of amides is 1. The second kappa shape index (κ2) is 6.89. The first-order valence-electron chi connectivity index (χ1n) is 8.03. The minimum absolute atomic E-state index is 0.0314. The monoisotopic (exact) mass is 348 g/mol. The van der Waals surface area contributed by atoms with Crippen LogP contribution in [0.4, 0.5) is 0 Å². The topological polar surface area (TPSA) is 93.5 Å². The lowest BCUT2D eigenvalue weighted by Crippen LogP contribution is -2.57. The number of nitriles is 1. The van der Waals surface area contributed by atoms with Crippen LogP contribution in [0.5, 0.6) is 0 Å². The number of rotatable bonds is 3. The number of carbonyl (C=O) groups is 1. The van der Waals surface area contributed by atoms with E-state index in [2.05, 4.69) is 5.32 Å². The summed E-state index contributed by atoms with van der Waals surface area (Å²) >= 11 is 0. The summed E-state index contributed by atoms with van der Waals surface area (Å²) < 4.78 is 27.1. The predicted octanol–water partition coefficient (Wildman–Crippen LogP) is 0.143. The number of carbonyl (C=O) groups excluding carboxylic acids is 1. The molecule has 7 nitrogen and oxygen atoms in total. The molecule has 1 atom stereocenters. The summed E-state index contributed by atoms with van der Waals surface area (Å²) in [5, 5.41) is 11.9. The molecule has 0 aromatic heterocycles. The Hall–Kier alpha value is -1.95. The van der Waals surface area contributed by atoms with Crippen molar-refractivity contribution in [3.05, 3.63) is 29.8 Å². The first kappa shape index (κ1) is 16.9. The average Bonchev–Trinajstić information content (AvgIpc) is 2.62. The third-order valence-electron chi connectivity index (χ3n) is 4.55. The molecule has 2 heterocycles. The molecule has 1 aromatic rings. The maximum Gasteiger partial charge on any atom is 0.243 e. The molecule has 8 heteroatoms. The van der Waals surface area contributed by atoms with Gasteiger partial charge in [-0.1, -0.05) is 0 Å². The smallest absolute Gasteiger partial charge is 0.243 e. The lowest BCUT2D eigenvalue weighted by molar-refractivity contribution is -0.135. The molecule has 1 N–H and O–H groups in total. The fourth-order valence-electron chi connectivity index (χ4n) is 3.25. The van der Waals surface area contributed by atoms with Gasteiger partial charge in [-0.25, -0.2) is 8.42 Å². The van der Waals surface area contributed by atoms with Crippen LogP contribution in [0.2, 0.25) is 0 Å². The van der Waals surface area contributed by atoms with Gasteiger partial charge in [0.1, 0.15) is 0 Å². The van der Waals surface area contributed by atoms with E-state index in [4.69, 9.17) is 5.26 Å². The fraction of sp³-hybridized carbons (Fsp3) is 0.500. The molecular weight excluding hydrogens is 328 g/mol. The van der Waals surface area contributed by atoms with Crippen molar-refractivity contribution in [3.8, 4) is 6.07 Å². The van der Waals surface area contributed by atoms with Crippen LogP contribution >= 0.6 is 0 Å². The SMILES string of the molecule is N#Cc1ccc(S(=O)(=O)N2CCCC(N3CCNCC3=O)C2)cc1. The maximum atomic E-state index is 12.8. The highest BCUT2D eigenvalue weighted by Crippen LogP contribution is 2.23. The third-order valence-corrected chi connectivity index (χ3v) is 6.43. The van der Waals surface area contributed by atoms with Crippen molar-refractivity contribution in [2.75, 3.05) is 32.7 Å². The van der Waals surface area contributed by atoms with Gasteiger partial charge in [-0.3, -0.25) is 4.79 Å². The van der Waals surface area contributed by atoms with Crippen molar-refractivity contribution in [2.24, 2.45) is 0 Å². The van der Waals surface area contributed by atoms with E-state index < -0.39 is 10.0 Å². The van der Waals surface area contributed by atoms with Gasteiger partial charge in [0.25, 0.3) is 0 Å². The number of piperidine rings is 1. The van der Waals surface area contributed by atoms with Crippen molar-refractivity contribution in [2.45, 2.75) is 23.8 Å². The zero-order valence-corrected chi connectivity index (χ0v) is 14.1. The van der Waals surface area contributed by atoms with Crippen LogP contribution in [0.3, 0.4) is 0 Å². The second-order valence-corrected chi connectivity index (χ2v) is 8.00. The van der Waals surface area contributed by atoms with Gasteiger partial charge >= 0.3 is 0 Å². The van der Waals surface area contributed by atoms with E-state index in [9.17, 15) is 13.2 Å². The zero-order valence-electron chi connectivity index (χ0n) is 13.3. The number of benzene rings is 1. The van der Waals surface area contributed by atoms with Crippen LogP contribution in [0.15, 0.2) is 29.2 Å². The number of sulfonamides is 1. The highest BCUT2D eigenvalue weighted by molar-refractivity contribution is 7.89. The van der Waals surface area contributed by atoms with E-state index in [1.807, 2.05) is 6.07 Å². The first-order valence-corrected chi connectivity index (χ1v) is 9.47. The average molecular weight is 348 g/mol. The molecule has 0 radical (unpaired) electrons. The Labute approximate surface area is 141 Å². The zero-order chi connectivity index (χ0) is 17.2. The van der Waals surface area contributed by atoms with Crippen LogP contribution < -0.4 is 5.32 Å². The molecule has 24 heavy (non-hydrogen) atoms. The van der Waals surface area contributed by atoms with Crippen molar-refractivity contribution in [1.82, 2.24) is 14.5 Å². The Kier molecular flexibility index (Phi) is 4.85. The summed E-state index contributed by atoms with van der Waals surface area (Å²) in [7, 11) is -3.61. The molecule has 1 amide bonds. The Morgan fingerprint density at radius 2 is 1.96 bits per heavy atom. The largest absolute Gasteiger partial charge is 0.336 e. The highest BCUT2D eigenvalue weighted by Gasteiger charge is 2.35. The number of nitrogens with zero attached hydrogens (tertiary/aromatic N) is 3. The van der Waals surface area contributed by atoms with Gasteiger partial charge in [0, 0.05) is 32.2 Å². The van der Waals surface area contributed by atoms with Crippen molar-refractivity contribution < 1.29 is 13.2 Å². The maximum absolute atomic E-state index is 12.8. The molecular formula is C16H20N4O3S. The molecule has 0 saturated carbocycles. The Morgan fingerprint density at radius 1 is 1.21 bits per heavy atom. The Bertz CT molecular complexity index is 755. The standard InChI is InChI=1S/C16H20N4O3S/c17-10-13-3-5-15(6-4-13)24(22,23)19-8-1-2-14(12-19)20-9-7-18-11-16(20)21/h3-6,14,18H,1-2,7-9,11-12H2. The third kappa shape index (κ3) is 3.29. The summed E-state index contributed by atoms with van der Waals surface area (Å²) in [6, 6.07) is 7.86. The molecule has 1 unspecified atom stereocenters. The quantitative estimate of drug-likeness (QED) is 0.839. The second-order valence-electron chi connectivity index (χ2n) is 6.06. The molecule has 1 aromatic carbocycles. The predicted molar refractivity (Wildman–Crippen MR) is 87.5 cm³/mol. The molecule has 0 bridgehead atoms. The van der Waals surface area contributed by atoms with Crippen molar-refractivity contribution in [1.29, 1.82) is 5.26 Å². The molecule has 2 fully saturated rings. The Morgan fingerprint density at radius 3 is 2.62 bits per heavy atom. The molecule has 2 aliphatic heterocycles. The molecule has 2 aliphatic rings. The number of hydrogen-bond acceptors (Lipinski definition) is 5. The molecule has 128 valence electrons. The lowest BCUT2D eigenvalue weighted by atomic mass is 10.1. The van der Waals surface area contributed by atoms with E-state index in [1.165, 1.54) is 28.6 Å². The molecule has 3 rings (SSSR count). The van der Waals surface area contributed by atoms with Gasteiger partial charge in [0.05, 0.1) is 23.1 Å². The number of piperazine rings is 1. The van der Waals surface area contributed by atoms with Gasteiger partial charge in [0.2, 0.25) is 15.9 Å². The van der Waals surface area contributed by atoms with Gasteiger partial charge < -0.3 is 10.2 Å². The number of nitrogens with one attached hydrogen (secondary N) is 1. The van der Waals surface area contributed by atoms with Crippen molar-refractivity contribution >= 4 is 15.9 Å². The van der Waals surface area contributed by atoms with Gasteiger partial charge in [-0.15, -0.1) is 0 Å². The molecule has 0 aliphatic carbocycles. The van der Waals surface area contributed by atoms with Gasteiger partial charge in [-0.05, 0) is 37.1 Å². The van der Waals surface area contributed by atoms with Gasteiger partial charge in [0.15, 0.2) is 0 Å². The molecule has 0 spiro atoms. The Balaban J connectivity index is 1.77. The fourth-order valence-corrected chi connectivity index (χ4v) is 4.77. The normalized spacial score (nSPS) is 23.0. The minimum Gasteiger partial charge on any atom is -0.336 e. The van der Waals surface area contributed by atoms with Crippen molar-refractivity contribution in [3.63, 3.8) is 0 Å². The summed E-state index contributed by atoms with van der Waals surface area (Å²) in [6.07, 6.45) is 1.56. The van der Waals surface area contributed by atoms with Crippen LogP contribution in [0.25, 0.3) is 0 Å². The summed E-state index contributed by atoms with van der Waals surface area (Å²) in [5.74, 6) is 0.0314. The summed E-state index contributed by atoms with van der Waals surface area (Å²) in [6.45, 7) is 2.46. The van der Waals surface area contributed by atoms with Gasteiger partial charge in [-0.2, -0.15) is 9.57 Å². The van der Waals surface area contributed by atoms with E-state index in [-0.39, 0.29) is 16.8 Å². The van der Waals surface area contributed by atoms with E-state index >= 15 is 0 Å². The lowest BCUT2D eigenvalue weighted by Gasteiger charge is -2.40. The van der Waals surface area contributed by atoms with E-state index in [0.717, 1.165) is 19.4 Å². The highest BCUT2D eigenvalue weighted by atomic mass is 32.2. The van der Waals surface area contributed by atoms with E-state index in [0.29, 0.717) is 31.7 Å². The van der Waals surface area contributed by atoms with Crippen LogP contribution in [0, 0.1) is 11.3 Å². The minimum atomic E-state index is -3.61. The molecule has 2 saturated heterocycles.